The van der Waals surface area contributed by atoms with E-state index in [2.05, 4.69) is 0 Å². The molecule has 0 fully saturated rings. The van der Waals surface area contributed by atoms with Crippen LogP contribution in [-0.4, -0.2) is 11.1 Å². The monoisotopic (exact) mass is 246 g/mol. The van der Waals surface area contributed by atoms with Crippen molar-refractivity contribution in [2.75, 3.05) is 0 Å². The second-order valence-corrected chi connectivity index (χ2v) is 3.66. The van der Waals surface area contributed by atoms with Gasteiger partial charge in [-0.3, -0.25) is 4.79 Å². The van der Waals surface area contributed by atoms with Crippen LogP contribution >= 0.6 is 0 Å². The molecular formula is C12H13F3O2. The van der Waals surface area contributed by atoms with Crippen molar-refractivity contribution in [3.63, 3.8) is 0 Å². The van der Waals surface area contributed by atoms with Gasteiger partial charge in [-0.2, -0.15) is 0 Å². The molecule has 0 spiro atoms. The van der Waals surface area contributed by atoms with E-state index in [-0.39, 0.29) is 29.5 Å². The lowest BCUT2D eigenvalue weighted by Crippen LogP contribution is -2.13. The van der Waals surface area contributed by atoms with Crippen molar-refractivity contribution in [1.29, 1.82) is 0 Å². The van der Waals surface area contributed by atoms with Gasteiger partial charge in [-0.15, -0.1) is 0 Å². The van der Waals surface area contributed by atoms with Gasteiger partial charge in [0.15, 0.2) is 17.5 Å². The maximum absolute atomic E-state index is 13.5. The number of carboxylic acids is 1. The summed E-state index contributed by atoms with van der Waals surface area (Å²) in [6.07, 6.45) is -0.183. The first-order chi connectivity index (χ1) is 7.93. The van der Waals surface area contributed by atoms with Gasteiger partial charge in [0.05, 0.1) is 6.42 Å². The fourth-order valence-corrected chi connectivity index (χ4v) is 1.94. The molecule has 1 aromatic carbocycles. The summed E-state index contributed by atoms with van der Waals surface area (Å²) in [4.78, 5) is 10.6. The van der Waals surface area contributed by atoms with E-state index in [1.165, 1.54) is 0 Å². The Labute approximate surface area is 97.1 Å². The van der Waals surface area contributed by atoms with Crippen LogP contribution in [0.25, 0.3) is 0 Å². The van der Waals surface area contributed by atoms with Crippen molar-refractivity contribution >= 4 is 5.97 Å². The second-order valence-electron chi connectivity index (χ2n) is 3.66. The number of carboxylic acid groups (broad SMARTS) is 1. The van der Waals surface area contributed by atoms with Crippen molar-refractivity contribution in [3.8, 4) is 0 Å². The maximum atomic E-state index is 13.5. The molecule has 0 saturated heterocycles. The molecule has 1 rings (SSSR count). The molecule has 0 amide bonds. The standard InChI is InChI=1S/C12H13F3O2/c1-3-6-7(4-2)10(13)12(15)11(14)8(6)5-9(16)17/h3-5H2,1-2H3,(H,16,17). The van der Waals surface area contributed by atoms with Crippen molar-refractivity contribution < 1.29 is 23.1 Å². The van der Waals surface area contributed by atoms with Crippen molar-refractivity contribution in [3.05, 3.63) is 34.1 Å². The van der Waals surface area contributed by atoms with E-state index in [4.69, 9.17) is 5.11 Å². The minimum absolute atomic E-state index is 0.0580. The van der Waals surface area contributed by atoms with Crippen LogP contribution in [0.5, 0.6) is 0 Å². The molecule has 17 heavy (non-hydrogen) atoms. The lowest BCUT2D eigenvalue weighted by Gasteiger charge is -2.14. The van der Waals surface area contributed by atoms with Crippen LogP contribution in [0.1, 0.15) is 30.5 Å². The molecular weight excluding hydrogens is 233 g/mol. The molecule has 0 atom stereocenters. The van der Waals surface area contributed by atoms with Gasteiger partial charge < -0.3 is 5.11 Å². The molecule has 5 heteroatoms. The second kappa shape index (κ2) is 5.21. The minimum atomic E-state index is -1.59. The van der Waals surface area contributed by atoms with Crippen LogP contribution in [0.3, 0.4) is 0 Å². The average Bonchev–Trinajstić information content (AvgIpc) is 2.29. The first-order valence-corrected chi connectivity index (χ1v) is 5.32. The Bertz CT molecular complexity index is 456. The Hall–Kier alpha value is -1.52. The number of hydrogen-bond donors (Lipinski definition) is 1. The highest BCUT2D eigenvalue weighted by Gasteiger charge is 2.24. The van der Waals surface area contributed by atoms with Crippen molar-refractivity contribution in [1.82, 2.24) is 0 Å². The summed E-state index contributed by atoms with van der Waals surface area (Å²) in [5.74, 6) is -5.46. The number of carbonyl (C=O) groups is 1. The van der Waals surface area contributed by atoms with E-state index in [1.807, 2.05) is 0 Å². The van der Waals surface area contributed by atoms with Gasteiger partial charge in [0.2, 0.25) is 0 Å². The van der Waals surface area contributed by atoms with Gasteiger partial charge in [0.25, 0.3) is 0 Å². The predicted octanol–water partition coefficient (Wildman–Crippen LogP) is 2.86. The quantitative estimate of drug-likeness (QED) is 0.829. The number of aliphatic carboxylic acids is 1. The third kappa shape index (κ3) is 2.43. The molecule has 0 heterocycles. The summed E-state index contributed by atoms with van der Waals surface area (Å²) in [5.41, 5.74) is 0.0599. The maximum Gasteiger partial charge on any atom is 0.307 e. The Morgan fingerprint density at radius 1 is 0.941 bits per heavy atom. The van der Waals surface area contributed by atoms with Gasteiger partial charge >= 0.3 is 5.97 Å². The summed E-state index contributed by atoms with van der Waals surface area (Å²) in [5, 5.41) is 8.65. The summed E-state index contributed by atoms with van der Waals surface area (Å²) in [6.45, 7) is 3.26. The van der Waals surface area contributed by atoms with Gasteiger partial charge in [-0.05, 0) is 24.0 Å². The first-order valence-electron chi connectivity index (χ1n) is 5.32. The third-order valence-corrected chi connectivity index (χ3v) is 2.68. The molecule has 0 bridgehead atoms. The van der Waals surface area contributed by atoms with Gasteiger partial charge in [0, 0.05) is 5.56 Å². The van der Waals surface area contributed by atoms with E-state index in [0.29, 0.717) is 0 Å². The van der Waals surface area contributed by atoms with E-state index >= 15 is 0 Å². The molecule has 0 aliphatic rings. The van der Waals surface area contributed by atoms with E-state index < -0.39 is 29.8 Å². The van der Waals surface area contributed by atoms with Crippen LogP contribution in [-0.2, 0) is 24.1 Å². The fraction of sp³-hybridized carbons (Fsp3) is 0.417. The summed E-state index contributed by atoms with van der Waals surface area (Å²) in [7, 11) is 0. The van der Waals surface area contributed by atoms with Crippen LogP contribution in [0.15, 0.2) is 0 Å². The van der Waals surface area contributed by atoms with E-state index in [0.717, 1.165) is 0 Å². The van der Waals surface area contributed by atoms with Crippen LogP contribution in [0, 0.1) is 17.5 Å². The molecule has 1 aromatic rings. The van der Waals surface area contributed by atoms with Gasteiger partial charge in [-0.25, -0.2) is 13.2 Å². The fourth-order valence-electron chi connectivity index (χ4n) is 1.94. The van der Waals surface area contributed by atoms with Crippen LogP contribution in [0.2, 0.25) is 0 Å². The van der Waals surface area contributed by atoms with Crippen molar-refractivity contribution in [2.24, 2.45) is 0 Å². The number of hydrogen-bond acceptors (Lipinski definition) is 1. The number of benzene rings is 1. The first kappa shape index (κ1) is 13.5. The molecule has 0 aliphatic heterocycles. The Morgan fingerprint density at radius 3 is 1.82 bits per heavy atom. The highest BCUT2D eigenvalue weighted by atomic mass is 19.2. The smallest absolute Gasteiger partial charge is 0.307 e. The predicted molar refractivity (Wildman–Crippen MR) is 56.4 cm³/mol. The summed E-state index contributed by atoms with van der Waals surface area (Å²) in [6, 6.07) is 0. The molecule has 2 nitrogen and oxygen atoms in total. The average molecular weight is 246 g/mol. The minimum Gasteiger partial charge on any atom is -0.481 e. The normalized spacial score (nSPS) is 10.6. The Morgan fingerprint density at radius 2 is 1.41 bits per heavy atom. The molecule has 0 aliphatic carbocycles. The van der Waals surface area contributed by atoms with E-state index in [1.54, 1.807) is 13.8 Å². The molecule has 0 aromatic heterocycles. The summed E-state index contributed by atoms with van der Waals surface area (Å²) < 4.78 is 40.2. The van der Waals surface area contributed by atoms with Crippen LogP contribution < -0.4 is 0 Å². The van der Waals surface area contributed by atoms with E-state index in [9.17, 15) is 18.0 Å². The Balaban J connectivity index is 3.55. The lowest BCUT2D eigenvalue weighted by molar-refractivity contribution is -0.136. The Kier molecular flexibility index (Phi) is 4.15. The molecule has 0 radical (unpaired) electrons. The molecule has 0 saturated carbocycles. The van der Waals surface area contributed by atoms with Gasteiger partial charge in [0.1, 0.15) is 0 Å². The largest absolute Gasteiger partial charge is 0.481 e. The zero-order valence-electron chi connectivity index (χ0n) is 9.61. The molecule has 94 valence electrons. The third-order valence-electron chi connectivity index (χ3n) is 2.68. The topological polar surface area (TPSA) is 37.3 Å². The summed E-state index contributed by atoms with van der Waals surface area (Å²) >= 11 is 0. The number of halogens is 3. The van der Waals surface area contributed by atoms with Gasteiger partial charge in [-0.1, -0.05) is 13.8 Å². The molecule has 0 unspecified atom stereocenters. The highest BCUT2D eigenvalue weighted by molar-refractivity contribution is 5.71. The SMILES string of the molecule is CCc1c(F)c(F)c(F)c(CC(=O)O)c1CC. The van der Waals surface area contributed by atoms with Crippen LogP contribution in [0.4, 0.5) is 13.2 Å². The highest BCUT2D eigenvalue weighted by Crippen LogP contribution is 2.26. The zero-order valence-corrected chi connectivity index (χ0v) is 9.61. The van der Waals surface area contributed by atoms with Crippen molar-refractivity contribution in [2.45, 2.75) is 33.1 Å². The molecule has 1 N–H and O–H groups in total. The lowest BCUT2D eigenvalue weighted by atomic mass is 9.94. The number of rotatable bonds is 4. The zero-order chi connectivity index (χ0) is 13.2.